The van der Waals surface area contributed by atoms with Crippen molar-refractivity contribution >= 4 is 21.4 Å². The number of hydrogen-bond donors (Lipinski definition) is 2. The molecule has 0 saturated heterocycles. The van der Waals surface area contributed by atoms with E-state index < -0.39 is 0 Å². The smallest absolute Gasteiger partial charge is 0.142 e. The first kappa shape index (κ1) is 11.4. The van der Waals surface area contributed by atoms with Gasteiger partial charge in [-0.2, -0.15) is 0 Å². The van der Waals surface area contributed by atoms with Gasteiger partial charge >= 0.3 is 0 Å². The number of pyridine rings is 1. The molecule has 0 aromatic carbocycles. The minimum absolute atomic E-state index is 0.252. The summed E-state index contributed by atoms with van der Waals surface area (Å²) in [6.07, 6.45) is 3.83. The molecule has 0 saturated carbocycles. The van der Waals surface area contributed by atoms with E-state index in [1.54, 1.807) is 6.07 Å². The van der Waals surface area contributed by atoms with Gasteiger partial charge in [-0.15, -0.1) is 0 Å². The van der Waals surface area contributed by atoms with Crippen molar-refractivity contribution in [3.63, 3.8) is 0 Å². The van der Waals surface area contributed by atoms with E-state index in [1.165, 1.54) is 0 Å². The van der Waals surface area contributed by atoms with Gasteiger partial charge in [0.25, 0.3) is 0 Å². The van der Waals surface area contributed by atoms with E-state index in [4.69, 9.17) is 0 Å². The van der Waals surface area contributed by atoms with Crippen LogP contribution in [0.1, 0.15) is 12.2 Å². The molecule has 5 heteroatoms. The van der Waals surface area contributed by atoms with Crippen molar-refractivity contribution in [2.75, 3.05) is 13.6 Å². The number of rotatable bonds is 4. The van der Waals surface area contributed by atoms with Gasteiger partial charge in [0.1, 0.15) is 21.7 Å². The molecule has 0 bridgehead atoms. The van der Waals surface area contributed by atoms with Crippen molar-refractivity contribution in [2.45, 2.75) is 12.8 Å². The summed E-state index contributed by atoms with van der Waals surface area (Å²) >= 11 is 3.37. The average Bonchev–Trinajstić information content (AvgIpc) is 2.58. The van der Waals surface area contributed by atoms with Crippen LogP contribution in [-0.4, -0.2) is 28.1 Å². The molecule has 0 amide bonds. The number of hydrogen-bond acceptors (Lipinski definition) is 3. The van der Waals surface area contributed by atoms with E-state index >= 15 is 0 Å². The quantitative estimate of drug-likeness (QED) is 0.844. The monoisotopic (exact) mass is 283 g/mol. The number of nitrogens with zero attached hydrogens (tertiary/aromatic N) is 2. The Balaban J connectivity index is 2.36. The zero-order chi connectivity index (χ0) is 11.5. The number of aromatic hydroxyl groups is 1. The lowest BCUT2D eigenvalue weighted by atomic mass is 10.3. The SMILES string of the molecule is CNCCCc1nc(Br)c2c(O)cccn12. The average molecular weight is 284 g/mol. The van der Waals surface area contributed by atoms with Crippen molar-refractivity contribution in [3.05, 3.63) is 28.8 Å². The Hall–Kier alpha value is -1.07. The Labute approximate surface area is 102 Å². The highest BCUT2D eigenvalue weighted by atomic mass is 79.9. The molecular weight excluding hydrogens is 270 g/mol. The Morgan fingerprint density at radius 3 is 3.12 bits per heavy atom. The summed E-state index contributed by atoms with van der Waals surface area (Å²) in [7, 11) is 1.94. The van der Waals surface area contributed by atoms with Crippen molar-refractivity contribution in [2.24, 2.45) is 0 Å². The lowest BCUT2D eigenvalue weighted by Gasteiger charge is -2.01. The van der Waals surface area contributed by atoms with Gasteiger partial charge in [0.15, 0.2) is 0 Å². The zero-order valence-electron chi connectivity index (χ0n) is 9.07. The van der Waals surface area contributed by atoms with Gasteiger partial charge < -0.3 is 10.4 Å². The van der Waals surface area contributed by atoms with Crippen molar-refractivity contribution in [1.82, 2.24) is 14.7 Å². The second kappa shape index (κ2) is 4.84. The Bertz CT molecular complexity index is 495. The Morgan fingerprint density at radius 2 is 2.38 bits per heavy atom. The molecule has 2 rings (SSSR count). The minimum atomic E-state index is 0.252. The fourth-order valence-corrected chi connectivity index (χ4v) is 2.34. The van der Waals surface area contributed by atoms with Crippen LogP contribution >= 0.6 is 15.9 Å². The summed E-state index contributed by atoms with van der Waals surface area (Å²) < 4.78 is 2.62. The molecule has 86 valence electrons. The lowest BCUT2D eigenvalue weighted by molar-refractivity contribution is 0.478. The summed E-state index contributed by atoms with van der Waals surface area (Å²) in [5.41, 5.74) is 0.738. The molecule has 0 spiro atoms. The number of nitrogens with one attached hydrogen (secondary N) is 1. The van der Waals surface area contributed by atoms with Gasteiger partial charge in [-0.3, -0.25) is 4.40 Å². The maximum atomic E-state index is 9.73. The van der Waals surface area contributed by atoms with E-state index in [-0.39, 0.29) is 5.75 Å². The molecule has 2 N–H and O–H groups in total. The topological polar surface area (TPSA) is 49.6 Å². The molecule has 0 fully saturated rings. The number of halogens is 1. The van der Waals surface area contributed by atoms with Gasteiger partial charge in [-0.1, -0.05) is 0 Å². The van der Waals surface area contributed by atoms with Crippen LogP contribution in [-0.2, 0) is 6.42 Å². The molecule has 0 aliphatic rings. The van der Waals surface area contributed by atoms with Gasteiger partial charge in [-0.25, -0.2) is 4.98 Å². The van der Waals surface area contributed by atoms with E-state index in [9.17, 15) is 5.11 Å². The molecule has 2 heterocycles. The molecule has 2 aromatic heterocycles. The number of aromatic nitrogens is 2. The van der Waals surface area contributed by atoms with Gasteiger partial charge in [0.05, 0.1) is 0 Å². The van der Waals surface area contributed by atoms with Crippen molar-refractivity contribution in [3.8, 4) is 5.75 Å². The normalized spacial score (nSPS) is 11.1. The second-order valence-electron chi connectivity index (χ2n) is 3.64. The fourth-order valence-electron chi connectivity index (χ4n) is 1.74. The summed E-state index contributed by atoms with van der Waals surface area (Å²) in [6.45, 7) is 0.964. The van der Waals surface area contributed by atoms with Crippen LogP contribution in [0.25, 0.3) is 5.52 Å². The van der Waals surface area contributed by atoms with E-state index in [0.717, 1.165) is 30.7 Å². The van der Waals surface area contributed by atoms with E-state index in [0.29, 0.717) is 4.60 Å². The van der Waals surface area contributed by atoms with Crippen LogP contribution in [0.4, 0.5) is 0 Å². The highest BCUT2D eigenvalue weighted by Crippen LogP contribution is 2.27. The molecule has 0 atom stereocenters. The summed E-state index contributed by atoms with van der Waals surface area (Å²) in [6, 6.07) is 3.48. The molecule has 0 unspecified atom stereocenters. The third-order valence-electron chi connectivity index (χ3n) is 2.50. The van der Waals surface area contributed by atoms with E-state index in [2.05, 4.69) is 26.2 Å². The minimum Gasteiger partial charge on any atom is -0.506 e. The third kappa shape index (κ3) is 2.05. The first-order valence-corrected chi connectivity index (χ1v) is 6.02. The van der Waals surface area contributed by atoms with Crippen LogP contribution in [0.2, 0.25) is 0 Å². The van der Waals surface area contributed by atoms with Crippen LogP contribution in [0.3, 0.4) is 0 Å². The standard InChI is InChI=1S/C11H14BrN3O/c1-13-6-2-5-9-14-11(12)10-8(16)4-3-7-15(9)10/h3-4,7,13,16H,2,5-6H2,1H3. The summed E-state index contributed by atoms with van der Waals surface area (Å²) in [5.74, 6) is 1.22. The molecular formula is C11H14BrN3O. The summed E-state index contributed by atoms with van der Waals surface area (Å²) in [5, 5.41) is 12.8. The second-order valence-corrected chi connectivity index (χ2v) is 4.39. The lowest BCUT2D eigenvalue weighted by Crippen LogP contribution is -2.09. The first-order chi connectivity index (χ1) is 7.74. The van der Waals surface area contributed by atoms with Gasteiger partial charge in [0.2, 0.25) is 0 Å². The maximum absolute atomic E-state index is 9.73. The van der Waals surface area contributed by atoms with Crippen molar-refractivity contribution < 1.29 is 5.11 Å². The number of imidazole rings is 1. The molecule has 0 radical (unpaired) electrons. The fraction of sp³-hybridized carbons (Fsp3) is 0.364. The largest absolute Gasteiger partial charge is 0.506 e. The van der Waals surface area contributed by atoms with Crippen molar-refractivity contribution in [1.29, 1.82) is 0 Å². The number of aryl methyl sites for hydroxylation is 1. The summed E-state index contributed by atoms with van der Waals surface area (Å²) in [4.78, 5) is 4.41. The van der Waals surface area contributed by atoms with Crippen LogP contribution in [0.5, 0.6) is 5.75 Å². The predicted octanol–water partition coefficient (Wildman–Crippen LogP) is 1.95. The molecule has 0 aliphatic heterocycles. The molecule has 0 aliphatic carbocycles. The third-order valence-corrected chi connectivity index (χ3v) is 3.05. The Morgan fingerprint density at radius 1 is 1.56 bits per heavy atom. The predicted molar refractivity (Wildman–Crippen MR) is 66.8 cm³/mol. The van der Waals surface area contributed by atoms with Gasteiger partial charge in [-0.05, 0) is 48.1 Å². The molecule has 4 nitrogen and oxygen atoms in total. The highest BCUT2D eigenvalue weighted by molar-refractivity contribution is 9.10. The number of fused-ring (bicyclic) bond motifs is 1. The van der Waals surface area contributed by atoms with Gasteiger partial charge in [0, 0.05) is 12.6 Å². The highest BCUT2D eigenvalue weighted by Gasteiger charge is 2.11. The Kier molecular flexibility index (Phi) is 3.46. The zero-order valence-corrected chi connectivity index (χ0v) is 10.7. The first-order valence-electron chi connectivity index (χ1n) is 5.23. The van der Waals surface area contributed by atoms with Crippen LogP contribution < -0.4 is 5.32 Å². The maximum Gasteiger partial charge on any atom is 0.142 e. The van der Waals surface area contributed by atoms with Crippen LogP contribution in [0, 0.1) is 0 Å². The molecule has 16 heavy (non-hydrogen) atoms. The van der Waals surface area contributed by atoms with E-state index in [1.807, 2.05) is 23.7 Å². The van der Waals surface area contributed by atoms with Crippen LogP contribution in [0.15, 0.2) is 22.9 Å². The molecule has 2 aromatic rings.